The predicted octanol–water partition coefficient (Wildman–Crippen LogP) is 18.3. The fourth-order valence-electron chi connectivity index (χ4n) is 9.08. The van der Waals surface area contributed by atoms with Crippen molar-refractivity contribution in [3.63, 3.8) is 0 Å². The summed E-state index contributed by atoms with van der Waals surface area (Å²) in [5.74, 6) is 0. The van der Waals surface area contributed by atoms with E-state index in [0.29, 0.717) is 0 Å². The van der Waals surface area contributed by atoms with Gasteiger partial charge in [-0.1, -0.05) is 158 Å². The second-order valence-corrected chi connectivity index (χ2v) is 18.4. The molecule has 0 bridgehead atoms. The molecule has 12 rings (SSSR count). The van der Waals surface area contributed by atoms with Gasteiger partial charge >= 0.3 is 0 Å². The van der Waals surface area contributed by atoms with Crippen molar-refractivity contribution < 1.29 is 0 Å². The van der Waals surface area contributed by atoms with Crippen LogP contribution in [0, 0.1) is 0 Å². The van der Waals surface area contributed by atoms with E-state index in [2.05, 4.69) is 259 Å². The molecular formula is C61H41N3S2. The second-order valence-electron chi connectivity index (χ2n) is 16.4. The van der Waals surface area contributed by atoms with Gasteiger partial charge in [0.25, 0.3) is 0 Å². The van der Waals surface area contributed by atoms with Gasteiger partial charge in [0.15, 0.2) is 0 Å². The summed E-state index contributed by atoms with van der Waals surface area (Å²) in [6, 6.07) is 89.2. The van der Waals surface area contributed by atoms with Crippen LogP contribution in [0.3, 0.4) is 0 Å². The number of thiazole rings is 1. The Labute approximate surface area is 392 Å². The first-order valence-electron chi connectivity index (χ1n) is 22.2. The van der Waals surface area contributed by atoms with Gasteiger partial charge < -0.3 is 9.80 Å². The lowest BCUT2D eigenvalue weighted by atomic mass is 9.98. The van der Waals surface area contributed by atoms with Crippen LogP contribution in [0.4, 0.5) is 34.1 Å². The van der Waals surface area contributed by atoms with E-state index >= 15 is 0 Å². The lowest BCUT2D eigenvalue weighted by Crippen LogP contribution is -2.09. The Kier molecular flexibility index (Phi) is 10.3. The summed E-state index contributed by atoms with van der Waals surface area (Å²) in [5, 5.41) is 3.62. The van der Waals surface area contributed by atoms with Crippen LogP contribution in [-0.4, -0.2) is 4.98 Å². The van der Waals surface area contributed by atoms with Gasteiger partial charge in [-0.15, -0.1) is 22.7 Å². The quantitative estimate of drug-likeness (QED) is 0.136. The average Bonchev–Trinajstić information content (AvgIpc) is 4.01. The van der Waals surface area contributed by atoms with Crippen molar-refractivity contribution in [1.82, 2.24) is 4.98 Å². The Morgan fingerprint density at radius 2 is 0.697 bits per heavy atom. The number of para-hydroxylation sites is 4. The van der Waals surface area contributed by atoms with E-state index in [4.69, 9.17) is 4.98 Å². The molecule has 312 valence electrons. The number of hydrogen-bond donors (Lipinski definition) is 0. The lowest BCUT2D eigenvalue weighted by Gasteiger charge is -2.25. The first-order valence-corrected chi connectivity index (χ1v) is 23.8. The minimum absolute atomic E-state index is 0.997. The molecule has 66 heavy (non-hydrogen) atoms. The van der Waals surface area contributed by atoms with Crippen LogP contribution in [0.1, 0.15) is 0 Å². The number of benzene rings is 10. The van der Waals surface area contributed by atoms with Crippen LogP contribution >= 0.6 is 22.7 Å². The van der Waals surface area contributed by atoms with E-state index in [-0.39, 0.29) is 0 Å². The minimum atomic E-state index is 0.997. The van der Waals surface area contributed by atoms with E-state index < -0.39 is 0 Å². The molecule has 0 spiro atoms. The smallest absolute Gasteiger partial charge is 0.124 e. The zero-order valence-corrected chi connectivity index (χ0v) is 37.5. The number of nitrogens with zero attached hydrogens (tertiary/aromatic N) is 3. The Morgan fingerprint density at radius 3 is 1.24 bits per heavy atom. The summed E-state index contributed by atoms with van der Waals surface area (Å²) in [4.78, 5) is 10.1. The number of rotatable bonds is 10. The van der Waals surface area contributed by atoms with Crippen LogP contribution in [0.2, 0.25) is 0 Å². The van der Waals surface area contributed by atoms with Crippen LogP contribution in [0.25, 0.3) is 74.3 Å². The molecule has 0 radical (unpaired) electrons. The van der Waals surface area contributed by atoms with Gasteiger partial charge in [0.1, 0.15) is 5.01 Å². The van der Waals surface area contributed by atoms with Crippen LogP contribution < -0.4 is 9.80 Å². The van der Waals surface area contributed by atoms with Gasteiger partial charge in [-0.05, 0) is 113 Å². The van der Waals surface area contributed by atoms with Crippen molar-refractivity contribution in [3.05, 3.63) is 249 Å². The molecule has 0 atom stereocenters. The highest BCUT2D eigenvalue weighted by molar-refractivity contribution is 7.25. The maximum atomic E-state index is 5.50. The van der Waals surface area contributed by atoms with Crippen molar-refractivity contribution in [2.75, 3.05) is 9.80 Å². The molecule has 12 aromatic rings. The minimum Gasteiger partial charge on any atom is -0.311 e. The highest BCUT2D eigenvalue weighted by Crippen LogP contribution is 2.44. The first kappa shape index (κ1) is 39.5. The van der Waals surface area contributed by atoms with Gasteiger partial charge in [0.2, 0.25) is 0 Å². The predicted molar refractivity (Wildman–Crippen MR) is 284 cm³/mol. The van der Waals surface area contributed by atoms with Gasteiger partial charge in [-0.2, -0.15) is 0 Å². The molecule has 3 nitrogen and oxygen atoms in total. The normalized spacial score (nSPS) is 11.3. The summed E-state index contributed by atoms with van der Waals surface area (Å²) in [5.41, 5.74) is 15.7. The molecule has 10 aromatic carbocycles. The largest absolute Gasteiger partial charge is 0.311 e. The topological polar surface area (TPSA) is 19.4 Å². The Morgan fingerprint density at radius 1 is 0.288 bits per heavy atom. The molecule has 0 saturated heterocycles. The standard InChI is InChI=1S/C61H41N3S2/c1-5-15-47(16-6-1)63(48-17-7-2-8-18-48)51-34-29-43(30-35-51)53-38-39-54(44-31-36-52(37-32-44)64(49-19-9-3-10-20-49)50-21-11-4-12-22-50)60-59(53)62-61(66-60)45-27-25-42(26-28-45)46-33-40-58-56(41-46)55-23-13-14-24-57(55)65-58/h1-41H. The van der Waals surface area contributed by atoms with E-state index in [1.807, 2.05) is 11.3 Å². The number of hydrogen-bond acceptors (Lipinski definition) is 5. The molecule has 0 amide bonds. The lowest BCUT2D eigenvalue weighted by molar-refractivity contribution is 1.28. The number of thiophene rings is 1. The third-order valence-electron chi connectivity index (χ3n) is 12.3. The molecule has 0 aliphatic carbocycles. The van der Waals surface area contributed by atoms with Crippen molar-refractivity contribution in [3.8, 4) is 44.0 Å². The summed E-state index contributed by atoms with van der Waals surface area (Å²) in [6.07, 6.45) is 0. The highest BCUT2D eigenvalue weighted by atomic mass is 32.1. The number of aromatic nitrogens is 1. The molecule has 0 aliphatic rings. The zero-order valence-electron chi connectivity index (χ0n) is 35.8. The van der Waals surface area contributed by atoms with Gasteiger partial charge in [-0.25, -0.2) is 4.98 Å². The van der Waals surface area contributed by atoms with Crippen LogP contribution in [0.5, 0.6) is 0 Å². The Balaban J connectivity index is 0.943. The fourth-order valence-corrected chi connectivity index (χ4v) is 11.3. The monoisotopic (exact) mass is 879 g/mol. The molecular weight excluding hydrogens is 839 g/mol. The SMILES string of the molecule is c1ccc(N(c2ccccc2)c2ccc(-c3ccc(-c4ccc(N(c5ccccc5)c5ccccc5)cc4)c4sc(-c5ccc(-c6ccc7sc8ccccc8c7c6)cc5)nc34)cc2)cc1. The van der Waals surface area contributed by atoms with E-state index in [1.165, 1.54) is 36.9 Å². The summed E-state index contributed by atoms with van der Waals surface area (Å²) in [7, 11) is 0. The summed E-state index contributed by atoms with van der Waals surface area (Å²) in [6.45, 7) is 0. The maximum absolute atomic E-state index is 5.50. The molecule has 0 fully saturated rings. The van der Waals surface area contributed by atoms with Crippen molar-refractivity contribution in [2.24, 2.45) is 0 Å². The third kappa shape index (κ3) is 7.40. The van der Waals surface area contributed by atoms with E-state index in [1.54, 1.807) is 11.3 Å². The second kappa shape index (κ2) is 17.1. The zero-order chi connectivity index (χ0) is 43.8. The molecule has 5 heteroatoms. The van der Waals surface area contributed by atoms with Crippen molar-refractivity contribution >= 4 is 87.2 Å². The summed E-state index contributed by atoms with van der Waals surface area (Å²) < 4.78 is 3.80. The summed E-state index contributed by atoms with van der Waals surface area (Å²) >= 11 is 3.62. The van der Waals surface area contributed by atoms with Gasteiger partial charge in [0.05, 0.1) is 10.2 Å². The molecule has 2 aromatic heterocycles. The molecule has 0 aliphatic heterocycles. The van der Waals surface area contributed by atoms with E-state index in [9.17, 15) is 0 Å². The molecule has 0 N–H and O–H groups in total. The van der Waals surface area contributed by atoms with Crippen molar-refractivity contribution in [1.29, 1.82) is 0 Å². The first-order chi connectivity index (χ1) is 32.7. The third-order valence-corrected chi connectivity index (χ3v) is 14.6. The van der Waals surface area contributed by atoms with E-state index in [0.717, 1.165) is 71.6 Å². The fraction of sp³-hybridized carbons (Fsp3) is 0. The van der Waals surface area contributed by atoms with Gasteiger partial charge in [-0.3, -0.25) is 0 Å². The average molecular weight is 880 g/mol. The molecule has 0 saturated carbocycles. The van der Waals surface area contributed by atoms with Gasteiger partial charge in [0, 0.05) is 71.0 Å². The van der Waals surface area contributed by atoms with Crippen LogP contribution in [0.15, 0.2) is 249 Å². The Bertz CT molecular complexity index is 3360. The molecule has 2 heterocycles. The van der Waals surface area contributed by atoms with Crippen molar-refractivity contribution in [2.45, 2.75) is 0 Å². The Hall–Kier alpha value is -8.09. The van der Waals surface area contributed by atoms with Crippen LogP contribution in [-0.2, 0) is 0 Å². The maximum Gasteiger partial charge on any atom is 0.124 e. The number of anilines is 6. The molecule has 0 unspecified atom stereocenters. The number of fused-ring (bicyclic) bond motifs is 4. The highest BCUT2D eigenvalue weighted by Gasteiger charge is 2.19.